The van der Waals surface area contributed by atoms with Gasteiger partial charge < -0.3 is 9.47 Å². The lowest BCUT2D eigenvalue weighted by molar-refractivity contribution is 0.356. The van der Waals surface area contributed by atoms with Crippen molar-refractivity contribution in [2.45, 2.75) is 4.90 Å². The summed E-state index contributed by atoms with van der Waals surface area (Å²) in [5.41, 5.74) is 0.529. The van der Waals surface area contributed by atoms with Gasteiger partial charge in [-0.2, -0.15) is 0 Å². The molecule has 0 saturated carbocycles. The maximum absolute atomic E-state index is 12.9. The maximum atomic E-state index is 12.9. The highest BCUT2D eigenvalue weighted by molar-refractivity contribution is 7.90. The molecule has 0 saturated heterocycles. The quantitative estimate of drug-likeness (QED) is 0.712. The second-order valence-electron chi connectivity index (χ2n) is 4.91. The molecular weight excluding hydrogens is 328 g/mol. The third-order valence-corrected chi connectivity index (χ3v) is 5.23. The number of rotatable bonds is 5. The number of methoxy groups -OCH3 is 2. The molecule has 1 aromatic heterocycles. The summed E-state index contributed by atoms with van der Waals surface area (Å²) in [5, 5.41) is 0. The van der Waals surface area contributed by atoms with Gasteiger partial charge in [0.25, 0.3) is 10.0 Å². The van der Waals surface area contributed by atoms with Gasteiger partial charge >= 0.3 is 0 Å². The summed E-state index contributed by atoms with van der Waals surface area (Å²) in [7, 11) is -0.738. The van der Waals surface area contributed by atoms with Gasteiger partial charge in [-0.15, -0.1) is 0 Å². The first kappa shape index (κ1) is 16.1. The molecule has 24 heavy (non-hydrogen) atoms. The summed E-state index contributed by atoms with van der Waals surface area (Å²) < 4.78 is 37.6. The van der Waals surface area contributed by atoms with Crippen molar-refractivity contribution >= 4 is 10.0 Å². The van der Waals surface area contributed by atoms with Crippen molar-refractivity contribution in [3.05, 3.63) is 60.9 Å². The lowest BCUT2D eigenvalue weighted by Crippen LogP contribution is -2.13. The third kappa shape index (κ3) is 2.63. The molecule has 3 aromatic rings. The predicted octanol–water partition coefficient (Wildman–Crippen LogP) is 2.80. The smallest absolute Gasteiger partial charge is 0.269 e. The van der Waals surface area contributed by atoms with Crippen LogP contribution in [0.3, 0.4) is 0 Å². The van der Waals surface area contributed by atoms with Crippen LogP contribution in [0.25, 0.3) is 11.4 Å². The van der Waals surface area contributed by atoms with Crippen LogP contribution in [0.2, 0.25) is 0 Å². The fourth-order valence-electron chi connectivity index (χ4n) is 2.44. The number of hydrogen-bond acceptors (Lipinski definition) is 5. The molecule has 0 radical (unpaired) electrons. The SMILES string of the molecule is COc1cccc(-c2nccn2S(=O)(=O)c2ccccc2)c1OC. The van der Waals surface area contributed by atoms with E-state index in [0.717, 1.165) is 3.97 Å². The van der Waals surface area contributed by atoms with Crippen molar-refractivity contribution in [2.75, 3.05) is 14.2 Å². The first-order valence-corrected chi connectivity index (χ1v) is 8.59. The summed E-state index contributed by atoms with van der Waals surface area (Å²) in [6, 6.07) is 13.4. The van der Waals surface area contributed by atoms with Gasteiger partial charge in [-0.1, -0.05) is 24.3 Å². The summed E-state index contributed by atoms with van der Waals surface area (Å²) >= 11 is 0. The summed E-state index contributed by atoms with van der Waals surface area (Å²) in [6.45, 7) is 0. The second-order valence-corrected chi connectivity index (χ2v) is 6.72. The van der Waals surface area contributed by atoms with Crippen LogP contribution < -0.4 is 9.47 Å². The highest BCUT2D eigenvalue weighted by Crippen LogP contribution is 2.37. The minimum atomic E-state index is -3.76. The van der Waals surface area contributed by atoms with Gasteiger partial charge in [0.2, 0.25) is 0 Å². The Morgan fingerprint density at radius 1 is 0.958 bits per heavy atom. The van der Waals surface area contributed by atoms with E-state index in [4.69, 9.17) is 9.47 Å². The average Bonchev–Trinajstić information content (AvgIpc) is 3.12. The molecule has 124 valence electrons. The first-order valence-electron chi connectivity index (χ1n) is 7.15. The Hall–Kier alpha value is -2.80. The van der Waals surface area contributed by atoms with Crippen LogP contribution in [0.5, 0.6) is 11.5 Å². The minimum absolute atomic E-state index is 0.186. The number of benzene rings is 2. The molecule has 0 aliphatic heterocycles. The zero-order chi connectivity index (χ0) is 17.2. The van der Waals surface area contributed by atoms with Crippen molar-refractivity contribution in [2.24, 2.45) is 0 Å². The number of ether oxygens (including phenoxy) is 2. The molecule has 1 heterocycles. The standard InChI is InChI=1S/C17H16N2O4S/c1-22-15-10-6-9-14(16(15)23-2)17-18-11-12-19(17)24(20,21)13-7-4-3-5-8-13/h3-12H,1-2H3. The van der Waals surface area contributed by atoms with Crippen LogP contribution in [0.1, 0.15) is 0 Å². The van der Waals surface area contributed by atoms with Crippen LogP contribution in [0.15, 0.2) is 65.8 Å². The Balaban J connectivity index is 2.20. The van der Waals surface area contributed by atoms with Gasteiger partial charge in [-0.05, 0) is 24.3 Å². The average molecular weight is 344 g/mol. The summed E-state index contributed by atoms with van der Waals surface area (Å²) in [4.78, 5) is 4.40. The fraction of sp³-hybridized carbons (Fsp3) is 0.118. The van der Waals surface area contributed by atoms with Crippen molar-refractivity contribution in [1.29, 1.82) is 0 Å². The van der Waals surface area contributed by atoms with Crippen LogP contribution in [0.4, 0.5) is 0 Å². The van der Waals surface area contributed by atoms with Crippen LogP contribution in [0, 0.1) is 0 Å². The topological polar surface area (TPSA) is 70.4 Å². The fourth-order valence-corrected chi connectivity index (χ4v) is 3.76. The molecule has 0 spiro atoms. The van der Waals surface area contributed by atoms with Crippen LogP contribution >= 0.6 is 0 Å². The van der Waals surface area contributed by atoms with E-state index in [1.807, 2.05) is 0 Å². The molecule has 2 aromatic carbocycles. The van der Waals surface area contributed by atoms with E-state index < -0.39 is 10.0 Å². The van der Waals surface area contributed by atoms with E-state index in [1.54, 1.807) is 48.5 Å². The van der Waals surface area contributed by atoms with E-state index in [1.165, 1.54) is 26.6 Å². The van der Waals surface area contributed by atoms with Crippen molar-refractivity contribution < 1.29 is 17.9 Å². The largest absolute Gasteiger partial charge is 0.493 e. The zero-order valence-electron chi connectivity index (χ0n) is 13.2. The molecule has 6 nitrogen and oxygen atoms in total. The predicted molar refractivity (Wildman–Crippen MR) is 89.8 cm³/mol. The maximum Gasteiger partial charge on any atom is 0.269 e. The van der Waals surface area contributed by atoms with Crippen LogP contribution in [-0.2, 0) is 10.0 Å². The molecule has 0 fully saturated rings. The van der Waals surface area contributed by atoms with Crippen molar-refractivity contribution in [3.63, 3.8) is 0 Å². The molecule has 0 bridgehead atoms. The van der Waals surface area contributed by atoms with Gasteiger partial charge in [0.1, 0.15) is 0 Å². The Morgan fingerprint density at radius 2 is 1.71 bits per heavy atom. The van der Waals surface area contributed by atoms with Gasteiger partial charge in [-0.3, -0.25) is 0 Å². The zero-order valence-corrected chi connectivity index (χ0v) is 14.0. The molecular formula is C17H16N2O4S. The Labute approximate surface area is 140 Å². The van der Waals surface area contributed by atoms with Gasteiger partial charge in [0.15, 0.2) is 17.3 Å². The van der Waals surface area contributed by atoms with Gasteiger partial charge in [-0.25, -0.2) is 17.4 Å². The lowest BCUT2D eigenvalue weighted by atomic mass is 10.2. The van der Waals surface area contributed by atoms with Crippen molar-refractivity contribution in [1.82, 2.24) is 8.96 Å². The van der Waals surface area contributed by atoms with E-state index in [-0.39, 0.29) is 10.7 Å². The minimum Gasteiger partial charge on any atom is -0.493 e. The molecule has 0 N–H and O–H groups in total. The Kier molecular flexibility index (Phi) is 4.26. The number of para-hydroxylation sites is 1. The monoisotopic (exact) mass is 344 g/mol. The molecule has 0 unspecified atom stereocenters. The number of hydrogen-bond donors (Lipinski definition) is 0. The van der Waals surface area contributed by atoms with Crippen molar-refractivity contribution in [3.8, 4) is 22.9 Å². The highest BCUT2D eigenvalue weighted by Gasteiger charge is 2.23. The molecule has 0 aliphatic rings. The van der Waals surface area contributed by atoms with E-state index >= 15 is 0 Å². The lowest BCUT2D eigenvalue weighted by Gasteiger charge is -2.14. The number of nitrogens with zero attached hydrogens (tertiary/aromatic N) is 2. The van der Waals surface area contributed by atoms with Crippen LogP contribution in [-0.4, -0.2) is 31.6 Å². The molecule has 0 atom stereocenters. The van der Waals surface area contributed by atoms with E-state index in [0.29, 0.717) is 17.1 Å². The highest BCUT2D eigenvalue weighted by atomic mass is 32.2. The second kappa shape index (κ2) is 6.37. The summed E-state index contributed by atoms with van der Waals surface area (Å²) in [5.74, 6) is 1.19. The molecule has 0 aliphatic carbocycles. The Bertz CT molecular complexity index is 950. The number of aromatic nitrogens is 2. The van der Waals surface area contributed by atoms with E-state index in [2.05, 4.69) is 4.98 Å². The normalized spacial score (nSPS) is 11.2. The van der Waals surface area contributed by atoms with Gasteiger partial charge in [0, 0.05) is 12.4 Å². The summed E-state index contributed by atoms with van der Waals surface area (Å²) in [6.07, 6.45) is 2.85. The molecule has 0 amide bonds. The first-order chi connectivity index (χ1) is 11.6. The van der Waals surface area contributed by atoms with E-state index in [9.17, 15) is 8.42 Å². The van der Waals surface area contributed by atoms with Gasteiger partial charge in [0.05, 0.1) is 24.7 Å². The molecule has 7 heteroatoms. The third-order valence-electron chi connectivity index (χ3n) is 3.55. The Morgan fingerprint density at radius 3 is 2.38 bits per heavy atom. The molecule has 3 rings (SSSR count). The number of imidazole rings is 1.